The third-order valence-electron chi connectivity index (χ3n) is 1.34. The zero-order chi connectivity index (χ0) is 12.1. The second kappa shape index (κ2) is 13.1. The van der Waals surface area contributed by atoms with Gasteiger partial charge in [0.1, 0.15) is 0 Å². The molecule has 0 radical (unpaired) electrons. The van der Waals surface area contributed by atoms with E-state index in [9.17, 15) is 4.79 Å². The quantitative estimate of drug-likeness (QED) is 0.293. The van der Waals surface area contributed by atoms with Crippen LogP contribution in [-0.4, -0.2) is 18.9 Å². The van der Waals surface area contributed by atoms with E-state index in [0.717, 1.165) is 12.8 Å². The van der Waals surface area contributed by atoms with Gasteiger partial charge in [0.2, 0.25) is 6.08 Å². The summed E-state index contributed by atoms with van der Waals surface area (Å²) in [6, 6.07) is 0. The van der Waals surface area contributed by atoms with Gasteiger partial charge < -0.3 is 4.74 Å². The minimum Gasteiger partial charge on any atom is -0.356 e. The fraction of sp³-hybridized carbons (Fsp3) is 0.750. The van der Waals surface area contributed by atoms with Gasteiger partial charge in [-0.3, -0.25) is 0 Å². The number of isocyanates is 1. The van der Waals surface area contributed by atoms with Crippen LogP contribution in [0, 0.1) is 0 Å². The zero-order valence-corrected chi connectivity index (χ0v) is 10.4. The standard InChI is InChI=1S/C8H15NO2.C4H8/c1-3-4-5-6-11-8(2)9-7-10;1-4(2)3/h8H,3-6H2,1-2H3;1H2,2-3H3. The second-order valence-electron chi connectivity index (χ2n) is 3.60. The molecular weight excluding hydrogens is 190 g/mol. The van der Waals surface area contributed by atoms with Crippen molar-refractivity contribution in [3.05, 3.63) is 12.2 Å². The first kappa shape index (κ1) is 16.5. The Labute approximate surface area is 93.2 Å². The van der Waals surface area contributed by atoms with Gasteiger partial charge in [-0.15, -0.1) is 6.58 Å². The summed E-state index contributed by atoms with van der Waals surface area (Å²) >= 11 is 0. The van der Waals surface area contributed by atoms with E-state index in [4.69, 9.17) is 4.74 Å². The van der Waals surface area contributed by atoms with Crippen molar-refractivity contribution in [1.29, 1.82) is 0 Å². The van der Waals surface area contributed by atoms with Crippen LogP contribution in [0.2, 0.25) is 0 Å². The van der Waals surface area contributed by atoms with Crippen LogP contribution in [0.1, 0.15) is 47.0 Å². The minimum absolute atomic E-state index is 0.329. The molecule has 0 aromatic rings. The molecule has 0 saturated carbocycles. The normalized spacial score (nSPS) is 10.7. The van der Waals surface area contributed by atoms with Gasteiger partial charge in [0.25, 0.3) is 0 Å². The molecule has 0 heterocycles. The maximum atomic E-state index is 9.73. The Morgan fingerprint density at radius 1 is 1.47 bits per heavy atom. The Morgan fingerprint density at radius 3 is 2.40 bits per heavy atom. The molecule has 3 heteroatoms. The number of hydrogen-bond donors (Lipinski definition) is 0. The second-order valence-corrected chi connectivity index (χ2v) is 3.60. The highest BCUT2D eigenvalue weighted by molar-refractivity contribution is 5.32. The molecule has 1 unspecified atom stereocenters. The van der Waals surface area contributed by atoms with Crippen LogP contribution in [0.4, 0.5) is 0 Å². The molecule has 0 aliphatic heterocycles. The van der Waals surface area contributed by atoms with E-state index in [1.165, 1.54) is 18.1 Å². The Morgan fingerprint density at radius 2 is 2.00 bits per heavy atom. The molecule has 0 aromatic carbocycles. The van der Waals surface area contributed by atoms with E-state index in [1.54, 1.807) is 6.92 Å². The smallest absolute Gasteiger partial charge is 0.237 e. The highest BCUT2D eigenvalue weighted by atomic mass is 16.5. The highest BCUT2D eigenvalue weighted by Crippen LogP contribution is 1.97. The Kier molecular flexibility index (Phi) is 14.4. The van der Waals surface area contributed by atoms with Gasteiger partial charge in [0.15, 0.2) is 6.23 Å². The third-order valence-corrected chi connectivity index (χ3v) is 1.34. The molecule has 0 spiro atoms. The molecule has 15 heavy (non-hydrogen) atoms. The monoisotopic (exact) mass is 213 g/mol. The summed E-state index contributed by atoms with van der Waals surface area (Å²) in [4.78, 5) is 13.1. The fourth-order valence-electron chi connectivity index (χ4n) is 0.717. The van der Waals surface area contributed by atoms with Gasteiger partial charge >= 0.3 is 0 Å². The summed E-state index contributed by atoms with van der Waals surface area (Å²) in [6.07, 6.45) is 4.51. The maximum Gasteiger partial charge on any atom is 0.237 e. The molecule has 3 nitrogen and oxygen atoms in total. The number of nitrogens with zero attached hydrogens (tertiary/aromatic N) is 1. The summed E-state index contributed by atoms with van der Waals surface area (Å²) in [6.45, 7) is 12.0. The molecule has 0 rings (SSSR count). The Balaban J connectivity index is 0. The van der Waals surface area contributed by atoms with Gasteiger partial charge in [-0.2, -0.15) is 4.99 Å². The lowest BCUT2D eigenvalue weighted by atomic mass is 10.3. The van der Waals surface area contributed by atoms with Crippen LogP contribution in [0.25, 0.3) is 0 Å². The van der Waals surface area contributed by atoms with Crippen LogP contribution in [-0.2, 0) is 9.53 Å². The first-order chi connectivity index (χ1) is 7.04. The maximum absolute atomic E-state index is 9.73. The molecule has 1 atom stereocenters. The van der Waals surface area contributed by atoms with E-state index < -0.39 is 0 Å². The van der Waals surface area contributed by atoms with Gasteiger partial charge in [-0.05, 0) is 27.2 Å². The number of carbonyl (C=O) groups excluding carboxylic acids is 1. The van der Waals surface area contributed by atoms with E-state index in [-0.39, 0.29) is 6.23 Å². The predicted octanol–water partition coefficient (Wildman–Crippen LogP) is 3.46. The number of aliphatic imine (C=N–C) groups is 1. The van der Waals surface area contributed by atoms with Gasteiger partial charge in [0, 0.05) is 6.61 Å². The van der Waals surface area contributed by atoms with Gasteiger partial charge in [-0.1, -0.05) is 25.3 Å². The number of ether oxygens (including phenoxy) is 1. The van der Waals surface area contributed by atoms with E-state index in [0.29, 0.717) is 6.61 Å². The SMILES string of the molecule is C=C(C)C.CCCCCOC(C)N=C=O. The molecule has 0 amide bonds. The first-order valence-corrected chi connectivity index (χ1v) is 5.35. The van der Waals surface area contributed by atoms with Crippen LogP contribution in [0.3, 0.4) is 0 Å². The largest absolute Gasteiger partial charge is 0.356 e. The van der Waals surface area contributed by atoms with E-state index in [1.807, 2.05) is 13.8 Å². The van der Waals surface area contributed by atoms with Crippen molar-refractivity contribution < 1.29 is 9.53 Å². The summed E-state index contributed by atoms with van der Waals surface area (Å²) in [7, 11) is 0. The van der Waals surface area contributed by atoms with Crippen molar-refractivity contribution in [3.8, 4) is 0 Å². The molecule has 0 saturated heterocycles. The summed E-state index contributed by atoms with van der Waals surface area (Å²) < 4.78 is 5.16. The molecule has 0 aliphatic carbocycles. The molecule has 88 valence electrons. The first-order valence-electron chi connectivity index (χ1n) is 5.35. The van der Waals surface area contributed by atoms with Gasteiger partial charge in [0.05, 0.1) is 0 Å². The summed E-state index contributed by atoms with van der Waals surface area (Å²) in [5.74, 6) is 0. The highest BCUT2D eigenvalue weighted by Gasteiger charge is 1.95. The van der Waals surface area contributed by atoms with Crippen molar-refractivity contribution in [2.75, 3.05) is 6.61 Å². The van der Waals surface area contributed by atoms with Crippen LogP contribution in [0.5, 0.6) is 0 Å². The number of allylic oxidation sites excluding steroid dienone is 1. The lowest BCUT2D eigenvalue weighted by molar-refractivity contribution is 0.0696. The Hall–Kier alpha value is -0.920. The lowest BCUT2D eigenvalue weighted by Gasteiger charge is -2.04. The number of hydrogen-bond acceptors (Lipinski definition) is 3. The predicted molar refractivity (Wildman–Crippen MR) is 63.5 cm³/mol. The van der Waals surface area contributed by atoms with Crippen molar-refractivity contribution in [2.24, 2.45) is 4.99 Å². The van der Waals surface area contributed by atoms with Crippen molar-refractivity contribution in [2.45, 2.75) is 53.2 Å². The topological polar surface area (TPSA) is 38.7 Å². The van der Waals surface area contributed by atoms with Crippen LogP contribution in [0.15, 0.2) is 17.1 Å². The van der Waals surface area contributed by atoms with Crippen molar-refractivity contribution in [1.82, 2.24) is 0 Å². The van der Waals surface area contributed by atoms with Gasteiger partial charge in [-0.25, -0.2) is 4.79 Å². The van der Waals surface area contributed by atoms with Crippen LogP contribution < -0.4 is 0 Å². The Bertz CT molecular complexity index is 192. The molecule has 0 bridgehead atoms. The zero-order valence-electron chi connectivity index (χ0n) is 10.4. The van der Waals surface area contributed by atoms with Crippen molar-refractivity contribution in [3.63, 3.8) is 0 Å². The number of rotatable bonds is 6. The number of unbranched alkanes of at least 4 members (excludes halogenated alkanes) is 2. The minimum atomic E-state index is -0.329. The van der Waals surface area contributed by atoms with E-state index in [2.05, 4.69) is 18.5 Å². The average Bonchev–Trinajstić information content (AvgIpc) is 2.12. The summed E-state index contributed by atoms with van der Waals surface area (Å²) in [5.41, 5.74) is 1.17. The molecule has 0 fully saturated rings. The molecular formula is C12H23NO2. The fourth-order valence-corrected chi connectivity index (χ4v) is 0.717. The third kappa shape index (κ3) is 24.6. The van der Waals surface area contributed by atoms with Crippen LogP contribution >= 0.6 is 0 Å². The molecule has 0 aromatic heterocycles. The summed E-state index contributed by atoms with van der Waals surface area (Å²) in [5, 5.41) is 0. The lowest BCUT2D eigenvalue weighted by Crippen LogP contribution is -2.05. The molecule has 0 N–H and O–H groups in total. The molecule has 0 aliphatic rings. The van der Waals surface area contributed by atoms with Crippen molar-refractivity contribution >= 4 is 6.08 Å². The average molecular weight is 213 g/mol. The van der Waals surface area contributed by atoms with E-state index >= 15 is 0 Å².